The summed E-state index contributed by atoms with van der Waals surface area (Å²) in [5, 5.41) is 0. The molecule has 0 aliphatic heterocycles. The Bertz CT molecular complexity index is 485. The van der Waals surface area contributed by atoms with Gasteiger partial charge >= 0.3 is 0 Å². The molecule has 1 heterocycles. The minimum absolute atomic E-state index is 0.0100. The molecule has 4 aliphatic rings. The zero-order valence-corrected chi connectivity index (χ0v) is 11.7. The summed E-state index contributed by atoms with van der Waals surface area (Å²) in [5.74, 6) is 2.12. The number of carbonyl (C=O) groups excluding carboxylic acids is 1. The number of ketones is 1. The van der Waals surface area contributed by atoms with Crippen molar-refractivity contribution < 1.29 is 9.21 Å². The second-order valence-electron chi connectivity index (χ2n) is 7.78. The second-order valence-corrected chi connectivity index (χ2v) is 7.78. The smallest absolute Gasteiger partial charge is 0.143 e. The van der Waals surface area contributed by atoms with Gasteiger partial charge in [-0.15, -0.1) is 0 Å². The van der Waals surface area contributed by atoms with Gasteiger partial charge in [0.25, 0.3) is 0 Å². The summed E-state index contributed by atoms with van der Waals surface area (Å²) in [7, 11) is 0. The van der Waals surface area contributed by atoms with Crippen LogP contribution in [0.2, 0.25) is 0 Å². The monoisotopic (exact) mass is 258 g/mol. The van der Waals surface area contributed by atoms with Crippen LogP contribution in [0, 0.1) is 22.7 Å². The maximum absolute atomic E-state index is 12.9. The van der Waals surface area contributed by atoms with Gasteiger partial charge in [0.05, 0.1) is 12.5 Å². The lowest BCUT2D eigenvalue weighted by molar-refractivity contribution is -0.152. The van der Waals surface area contributed by atoms with Gasteiger partial charge in [0, 0.05) is 11.8 Å². The Hall–Kier alpha value is -1.05. The highest BCUT2D eigenvalue weighted by molar-refractivity contribution is 5.87. The molecule has 4 saturated carbocycles. The highest BCUT2D eigenvalue weighted by Gasteiger charge is 2.58. The molecule has 0 aromatic carbocycles. The van der Waals surface area contributed by atoms with Gasteiger partial charge in [-0.05, 0) is 67.4 Å². The Morgan fingerprint density at radius 2 is 2.05 bits per heavy atom. The van der Waals surface area contributed by atoms with E-state index in [4.69, 9.17) is 4.42 Å². The Morgan fingerprint density at radius 1 is 1.32 bits per heavy atom. The number of hydrogen-bond acceptors (Lipinski definition) is 2. The standard InChI is InChI=1S/C17H22O2/c1-16-6-13-4-14(7-16)9-17(8-13,11-16)15(18)5-12-2-3-19-10-12/h2-3,10,13-14H,4-9,11H2,1H3. The average molecular weight is 258 g/mol. The van der Waals surface area contributed by atoms with Crippen LogP contribution in [0.5, 0.6) is 0 Å². The molecule has 1 aromatic rings. The minimum Gasteiger partial charge on any atom is -0.472 e. The molecule has 19 heavy (non-hydrogen) atoms. The van der Waals surface area contributed by atoms with Crippen molar-refractivity contribution >= 4 is 5.78 Å². The van der Waals surface area contributed by atoms with Crippen LogP contribution in [0.4, 0.5) is 0 Å². The zero-order valence-electron chi connectivity index (χ0n) is 11.7. The second kappa shape index (κ2) is 3.74. The van der Waals surface area contributed by atoms with Crippen molar-refractivity contribution in [2.45, 2.75) is 51.9 Å². The lowest BCUT2D eigenvalue weighted by Crippen LogP contribution is -2.54. The van der Waals surface area contributed by atoms with E-state index < -0.39 is 0 Å². The van der Waals surface area contributed by atoms with Crippen molar-refractivity contribution in [1.82, 2.24) is 0 Å². The third-order valence-electron chi connectivity index (χ3n) is 5.89. The number of carbonyl (C=O) groups is 1. The van der Waals surface area contributed by atoms with Gasteiger partial charge in [-0.3, -0.25) is 4.79 Å². The summed E-state index contributed by atoms with van der Waals surface area (Å²) >= 11 is 0. The van der Waals surface area contributed by atoms with Gasteiger partial charge < -0.3 is 4.42 Å². The van der Waals surface area contributed by atoms with E-state index in [-0.39, 0.29) is 5.41 Å². The summed E-state index contributed by atoms with van der Waals surface area (Å²) < 4.78 is 5.10. The Balaban J connectivity index is 1.61. The topological polar surface area (TPSA) is 30.2 Å². The minimum atomic E-state index is 0.0100. The number of hydrogen-bond donors (Lipinski definition) is 0. The van der Waals surface area contributed by atoms with Gasteiger partial charge in [-0.1, -0.05) is 6.92 Å². The summed E-state index contributed by atoms with van der Waals surface area (Å²) in [6, 6.07) is 1.93. The first-order valence-electron chi connectivity index (χ1n) is 7.61. The van der Waals surface area contributed by atoms with Gasteiger partial charge in [0.1, 0.15) is 5.78 Å². The van der Waals surface area contributed by atoms with E-state index in [1.54, 1.807) is 12.5 Å². The normalized spacial score (nSPS) is 43.6. The molecule has 2 heteroatoms. The van der Waals surface area contributed by atoms with Crippen molar-refractivity contribution in [2.24, 2.45) is 22.7 Å². The fourth-order valence-corrected chi connectivity index (χ4v) is 5.81. The molecule has 0 amide bonds. The molecule has 0 radical (unpaired) electrons. The molecule has 0 N–H and O–H groups in total. The first kappa shape index (κ1) is 11.7. The van der Waals surface area contributed by atoms with Crippen LogP contribution in [0.3, 0.4) is 0 Å². The van der Waals surface area contributed by atoms with Crippen molar-refractivity contribution in [2.75, 3.05) is 0 Å². The van der Waals surface area contributed by atoms with Crippen LogP contribution in [-0.2, 0) is 11.2 Å². The van der Waals surface area contributed by atoms with Crippen LogP contribution < -0.4 is 0 Å². The molecule has 0 spiro atoms. The summed E-state index contributed by atoms with van der Waals surface area (Å²) in [4.78, 5) is 12.9. The zero-order chi connectivity index (χ0) is 13.1. The lowest BCUT2D eigenvalue weighted by Gasteiger charge is -2.60. The molecule has 4 aliphatic carbocycles. The predicted octanol–water partition coefficient (Wildman–Crippen LogP) is 4.00. The molecular formula is C17H22O2. The maximum Gasteiger partial charge on any atom is 0.143 e. The van der Waals surface area contributed by atoms with Crippen LogP contribution in [0.1, 0.15) is 51.0 Å². The molecular weight excluding hydrogens is 236 g/mol. The lowest BCUT2D eigenvalue weighted by atomic mass is 9.43. The number of rotatable bonds is 3. The Kier molecular flexibility index (Phi) is 2.31. The highest BCUT2D eigenvalue weighted by Crippen LogP contribution is 2.65. The average Bonchev–Trinajstić information content (AvgIpc) is 2.78. The molecule has 4 fully saturated rings. The summed E-state index contributed by atoms with van der Waals surface area (Å²) in [6.45, 7) is 2.42. The molecule has 102 valence electrons. The van der Waals surface area contributed by atoms with Crippen LogP contribution in [0.15, 0.2) is 23.0 Å². The quantitative estimate of drug-likeness (QED) is 0.820. The van der Waals surface area contributed by atoms with E-state index in [1.807, 2.05) is 6.07 Å². The van der Waals surface area contributed by atoms with Crippen molar-refractivity contribution in [3.8, 4) is 0 Å². The van der Waals surface area contributed by atoms with Gasteiger partial charge in [-0.25, -0.2) is 0 Å². The highest BCUT2D eigenvalue weighted by atomic mass is 16.3. The van der Waals surface area contributed by atoms with Gasteiger partial charge in [0.2, 0.25) is 0 Å². The first-order valence-corrected chi connectivity index (χ1v) is 7.61. The van der Waals surface area contributed by atoms with E-state index >= 15 is 0 Å². The molecule has 2 unspecified atom stereocenters. The molecule has 1 aromatic heterocycles. The number of furan rings is 1. The molecule has 0 saturated heterocycles. The van der Waals surface area contributed by atoms with Crippen molar-refractivity contribution in [3.05, 3.63) is 24.2 Å². The SMILES string of the molecule is CC12CC3CC(C1)CC(C(=O)Cc1ccoc1)(C3)C2. The first-order chi connectivity index (χ1) is 9.07. The van der Waals surface area contributed by atoms with E-state index in [0.717, 1.165) is 36.7 Å². The maximum atomic E-state index is 12.9. The predicted molar refractivity (Wildman–Crippen MR) is 72.6 cm³/mol. The fourth-order valence-electron chi connectivity index (χ4n) is 5.81. The third kappa shape index (κ3) is 1.79. The van der Waals surface area contributed by atoms with Gasteiger partial charge in [-0.2, -0.15) is 0 Å². The van der Waals surface area contributed by atoms with Crippen LogP contribution in [-0.4, -0.2) is 5.78 Å². The molecule has 2 atom stereocenters. The summed E-state index contributed by atoms with van der Waals surface area (Å²) in [5.41, 5.74) is 1.51. The summed E-state index contributed by atoms with van der Waals surface area (Å²) in [6.07, 6.45) is 11.6. The van der Waals surface area contributed by atoms with Crippen molar-refractivity contribution in [1.29, 1.82) is 0 Å². The van der Waals surface area contributed by atoms with Crippen LogP contribution >= 0.6 is 0 Å². The third-order valence-corrected chi connectivity index (χ3v) is 5.89. The molecule has 5 rings (SSSR count). The Morgan fingerprint density at radius 3 is 2.63 bits per heavy atom. The number of Topliss-reactive ketones (excluding diaryl/α,β-unsaturated/α-hetero) is 1. The Labute approximate surface area is 114 Å². The fraction of sp³-hybridized carbons (Fsp3) is 0.706. The van der Waals surface area contributed by atoms with E-state index in [9.17, 15) is 4.79 Å². The van der Waals surface area contributed by atoms with Crippen molar-refractivity contribution in [3.63, 3.8) is 0 Å². The molecule has 4 bridgehead atoms. The van der Waals surface area contributed by atoms with E-state index in [1.165, 1.54) is 19.3 Å². The van der Waals surface area contributed by atoms with E-state index in [2.05, 4.69) is 6.92 Å². The molecule has 2 nitrogen and oxygen atoms in total. The largest absolute Gasteiger partial charge is 0.472 e. The van der Waals surface area contributed by atoms with Crippen LogP contribution in [0.25, 0.3) is 0 Å². The van der Waals surface area contributed by atoms with Gasteiger partial charge in [0.15, 0.2) is 0 Å². The van der Waals surface area contributed by atoms with E-state index in [0.29, 0.717) is 17.6 Å².